The van der Waals surface area contributed by atoms with Gasteiger partial charge < -0.3 is 9.63 Å². The molecular formula is C15H17NO3. The van der Waals surface area contributed by atoms with Crippen molar-refractivity contribution >= 4 is 5.78 Å². The Labute approximate surface area is 112 Å². The molecule has 1 heterocycles. The lowest BCUT2D eigenvalue weighted by atomic mass is 10.1. The summed E-state index contributed by atoms with van der Waals surface area (Å²) in [5.74, 6) is 0.557. The second-order valence-corrected chi connectivity index (χ2v) is 4.55. The molecule has 0 fully saturated rings. The summed E-state index contributed by atoms with van der Waals surface area (Å²) in [6, 6.07) is 9.06. The number of aromatic nitrogens is 1. The SMILES string of the molecule is Cc1ccc(C(=O)c2cc(CCCCO)on2)cc1. The van der Waals surface area contributed by atoms with E-state index in [2.05, 4.69) is 5.16 Å². The molecule has 0 unspecified atom stereocenters. The number of rotatable bonds is 6. The van der Waals surface area contributed by atoms with Crippen LogP contribution in [0.5, 0.6) is 0 Å². The lowest BCUT2D eigenvalue weighted by Crippen LogP contribution is -2.01. The Morgan fingerprint density at radius 3 is 2.68 bits per heavy atom. The summed E-state index contributed by atoms with van der Waals surface area (Å²) < 4.78 is 5.13. The number of unbranched alkanes of at least 4 members (excludes halogenated alkanes) is 1. The highest BCUT2D eigenvalue weighted by atomic mass is 16.5. The number of ketones is 1. The molecule has 4 nitrogen and oxygen atoms in total. The average Bonchev–Trinajstić information content (AvgIpc) is 2.88. The molecule has 100 valence electrons. The van der Waals surface area contributed by atoms with Gasteiger partial charge in [0.25, 0.3) is 0 Å². The third-order valence-electron chi connectivity index (χ3n) is 2.94. The highest BCUT2D eigenvalue weighted by Crippen LogP contribution is 2.13. The molecule has 0 aliphatic heterocycles. The zero-order valence-electron chi connectivity index (χ0n) is 10.9. The summed E-state index contributed by atoms with van der Waals surface area (Å²) in [7, 11) is 0. The fourth-order valence-corrected chi connectivity index (χ4v) is 1.80. The van der Waals surface area contributed by atoms with Crippen LogP contribution in [0.4, 0.5) is 0 Å². The Morgan fingerprint density at radius 1 is 1.26 bits per heavy atom. The molecular weight excluding hydrogens is 242 g/mol. The van der Waals surface area contributed by atoms with E-state index in [1.807, 2.05) is 19.1 Å². The van der Waals surface area contributed by atoms with Crippen LogP contribution in [0.15, 0.2) is 34.9 Å². The lowest BCUT2D eigenvalue weighted by molar-refractivity contribution is 0.103. The van der Waals surface area contributed by atoms with Crippen molar-refractivity contribution in [1.29, 1.82) is 0 Å². The van der Waals surface area contributed by atoms with Gasteiger partial charge in [-0.2, -0.15) is 0 Å². The average molecular weight is 259 g/mol. The molecule has 0 saturated heterocycles. The Bertz CT molecular complexity index is 543. The highest BCUT2D eigenvalue weighted by Gasteiger charge is 2.14. The van der Waals surface area contributed by atoms with Gasteiger partial charge in [0.1, 0.15) is 5.76 Å². The molecule has 2 aromatic rings. The summed E-state index contributed by atoms with van der Waals surface area (Å²) in [4.78, 5) is 12.1. The Balaban J connectivity index is 2.05. The quantitative estimate of drug-likeness (QED) is 0.639. The minimum Gasteiger partial charge on any atom is -0.396 e. The number of benzene rings is 1. The van der Waals surface area contributed by atoms with E-state index in [0.29, 0.717) is 23.4 Å². The molecule has 0 radical (unpaired) electrons. The van der Waals surface area contributed by atoms with Crippen molar-refractivity contribution < 1.29 is 14.4 Å². The molecule has 0 bridgehead atoms. The van der Waals surface area contributed by atoms with Crippen LogP contribution in [-0.2, 0) is 6.42 Å². The van der Waals surface area contributed by atoms with E-state index in [-0.39, 0.29) is 12.4 Å². The van der Waals surface area contributed by atoms with E-state index in [4.69, 9.17) is 9.63 Å². The van der Waals surface area contributed by atoms with E-state index < -0.39 is 0 Å². The van der Waals surface area contributed by atoms with Crippen LogP contribution < -0.4 is 0 Å². The predicted molar refractivity (Wildman–Crippen MR) is 71.1 cm³/mol. The van der Waals surface area contributed by atoms with E-state index in [1.165, 1.54) is 0 Å². The number of aryl methyl sites for hydroxylation is 2. The van der Waals surface area contributed by atoms with Gasteiger partial charge in [-0.1, -0.05) is 35.0 Å². The largest absolute Gasteiger partial charge is 0.396 e. The van der Waals surface area contributed by atoms with Crippen LogP contribution in [0, 0.1) is 6.92 Å². The van der Waals surface area contributed by atoms with E-state index >= 15 is 0 Å². The third kappa shape index (κ3) is 3.51. The molecule has 0 aliphatic carbocycles. The maximum absolute atomic E-state index is 12.1. The maximum atomic E-state index is 12.1. The number of carbonyl (C=O) groups is 1. The number of carbonyl (C=O) groups excluding carboxylic acids is 1. The molecule has 19 heavy (non-hydrogen) atoms. The van der Waals surface area contributed by atoms with Crippen molar-refractivity contribution in [3.8, 4) is 0 Å². The predicted octanol–water partition coefficient (Wildman–Crippen LogP) is 2.53. The number of hydrogen-bond donors (Lipinski definition) is 1. The molecule has 0 aliphatic rings. The molecule has 4 heteroatoms. The fraction of sp³-hybridized carbons (Fsp3) is 0.333. The second-order valence-electron chi connectivity index (χ2n) is 4.55. The zero-order chi connectivity index (χ0) is 13.7. The first-order valence-corrected chi connectivity index (χ1v) is 6.38. The van der Waals surface area contributed by atoms with Gasteiger partial charge in [-0.3, -0.25) is 4.79 Å². The summed E-state index contributed by atoms with van der Waals surface area (Å²) in [6.07, 6.45) is 2.24. The van der Waals surface area contributed by atoms with E-state index in [9.17, 15) is 4.79 Å². The molecule has 1 N–H and O–H groups in total. The van der Waals surface area contributed by atoms with Crippen LogP contribution in [0.3, 0.4) is 0 Å². The Kier molecular flexibility index (Phi) is 4.47. The minimum absolute atomic E-state index is 0.128. The first-order chi connectivity index (χ1) is 9.20. The van der Waals surface area contributed by atoms with Crippen LogP contribution >= 0.6 is 0 Å². The third-order valence-corrected chi connectivity index (χ3v) is 2.94. The second kappa shape index (κ2) is 6.29. The van der Waals surface area contributed by atoms with Crippen molar-refractivity contribution in [1.82, 2.24) is 5.16 Å². The Morgan fingerprint density at radius 2 is 2.00 bits per heavy atom. The standard InChI is InChI=1S/C15H17NO3/c1-11-5-7-12(8-6-11)15(18)14-10-13(19-16-14)4-2-3-9-17/h5-8,10,17H,2-4,9H2,1H3. The van der Waals surface area contributed by atoms with Gasteiger partial charge in [-0.05, 0) is 19.8 Å². The van der Waals surface area contributed by atoms with Gasteiger partial charge in [0.15, 0.2) is 5.69 Å². The van der Waals surface area contributed by atoms with Gasteiger partial charge in [0, 0.05) is 24.7 Å². The molecule has 2 rings (SSSR count). The van der Waals surface area contributed by atoms with Crippen LogP contribution in [0.2, 0.25) is 0 Å². The van der Waals surface area contributed by atoms with Crippen molar-refractivity contribution in [3.05, 3.63) is 52.9 Å². The van der Waals surface area contributed by atoms with E-state index in [1.54, 1.807) is 18.2 Å². The molecule has 0 amide bonds. The Hall–Kier alpha value is -1.94. The van der Waals surface area contributed by atoms with Crippen LogP contribution in [0.25, 0.3) is 0 Å². The topological polar surface area (TPSA) is 63.3 Å². The molecule has 1 aromatic carbocycles. The van der Waals surface area contributed by atoms with Gasteiger partial charge in [0.05, 0.1) is 0 Å². The van der Waals surface area contributed by atoms with Crippen molar-refractivity contribution in [3.63, 3.8) is 0 Å². The van der Waals surface area contributed by atoms with Crippen LogP contribution in [0.1, 0.15) is 40.2 Å². The van der Waals surface area contributed by atoms with Crippen molar-refractivity contribution in [2.24, 2.45) is 0 Å². The maximum Gasteiger partial charge on any atom is 0.214 e. The summed E-state index contributed by atoms with van der Waals surface area (Å²) >= 11 is 0. The number of nitrogens with zero attached hydrogens (tertiary/aromatic N) is 1. The number of aliphatic hydroxyl groups excluding tert-OH is 1. The fourth-order valence-electron chi connectivity index (χ4n) is 1.80. The molecule has 0 saturated carbocycles. The monoisotopic (exact) mass is 259 g/mol. The van der Waals surface area contributed by atoms with Crippen molar-refractivity contribution in [2.75, 3.05) is 6.61 Å². The summed E-state index contributed by atoms with van der Waals surface area (Å²) in [5, 5.41) is 12.5. The minimum atomic E-state index is -0.128. The summed E-state index contributed by atoms with van der Waals surface area (Å²) in [5.41, 5.74) is 2.06. The number of aliphatic hydroxyl groups is 1. The lowest BCUT2D eigenvalue weighted by Gasteiger charge is -1.97. The van der Waals surface area contributed by atoms with Gasteiger partial charge in [0.2, 0.25) is 5.78 Å². The molecule has 0 spiro atoms. The molecule has 1 aromatic heterocycles. The van der Waals surface area contributed by atoms with E-state index in [0.717, 1.165) is 18.4 Å². The first-order valence-electron chi connectivity index (χ1n) is 6.38. The summed E-state index contributed by atoms with van der Waals surface area (Å²) in [6.45, 7) is 2.15. The zero-order valence-corrected chi connectivity index (χ0v) is 10.9. The van der Waals surface area contributed by atoms with Gasteiger partial charge in [-0.25, -0.2) is 0 Å². The number of hydrogen-bond acceptors (Lipinski definition) is 4. The smallest absolute Gasteiger partial charge is 0.214 e. The van der Waals surface area contributed by atoms with Gasteiger partial charge in [-0.15, -0.1) is 0 Å². The van der Waals surface area contributed by atoms with Crippen LogP contribution in [-0.4, -0.2) is 22.7 Å². The van der Waals surface area contributed by atoms with Crippen molar-refractivity contribution in [2.45, 2.75) is 26.2 Å². The first kappa shape index (κ1) is 13.5. The molecule has 0 atom stereocenters. The van der Waals surface area contributed by atoms with Gasteiger partial charge >= 0.3 is 0 Å². The normalized spacial score (nSPS) is 10.6. The highest BCUT2D eigenvalue weighted by molar-refractivity contribution is 6.07.